The molecule has 1 heterocycles. The second kappa shape index (κ2) is 7.60. The van der Waals surface area contributed by atoms with Crippen LogP contribution in [0.3, 0.4) is 0 Å². The number of likely N-dealkylation sites (N-methyl/N-ethyl adjacent to an activating group) is 1. The van der Waals surface area contributed by atoms with Crippen LogP contribution in [-0.2, 0) is 6.42 Å². The molecule has 0 saturated heterocycles. The number of hydrogen-bond donors (Lipinski definition) is 1. The normalized spacial score (nSPS) is 12.5. The van der Waals surface area contributed by atoms with Gasteiger partial charge in [0.25, 0.3) is 0 Å². The highest BCUT2D eigenvalue weighted by Crippen LogP contribution is 2.22. The zero-order valence-corrected chi connectivity index (χ0v) is 14.7. The smallest absolute Gasteiger partial charge is 0.137 e. The first-order valence-electron chi connectivity index (χ1n) is 7.98. The Labute approximate surface area is 147 Å². The lowest BCUT2D eigenvalue weighted by Gasteiger charge is -2.25. The number of halogens is 1. The molecule has 5 heteroatoms. The molecule has 1 atom stereocenters. The third-order valence-electron chi connectivity index (χ3n) is 4.15. The maximum absolute atomic E-state index is 6.04. The summed E-state index contributed by atoms with van der Waals surface area (Å²) < 4.78 is 0. The predicted octanol–water partition coefficient (Wildman–Crippen LogP) is 3.87. The van der Waals surface area contributed by atoms with E-state index in [0.717, 1.165) is 29.7 Å². The molecule has 1 aromatic heterocycles. The van der Waals surface area contributed by atoms with Crippen molar-refractivity contribution in [2.24, 2.45) is 0 Å². The average Bonchev–Trinajstić information content (AvgIpc) is 2.59. The Morgan fingerprint density at radius 2 is 1.88 bits per heavy atom. The summed E-state index contributed by atoms with van der Waals surface area (Å²) in [5, 5.41) is 5.14. The second-order valence-corrected chi connectivity index (χ2v) is 6.51. The van der Waals surface area contributed by atoms with Crippen LogP contribution in [-0.4, -0.2) is 41.5 Å². The lowest BCUT2D eigenvalue weighted by Crippen LogP contribution is -2.36. The largest absolute Gasteiger partial charge is 0.368 e. The quantitative estimate of drug-likeness (QED) is 0.739. The van der Waals surface area contributed by atoms with Crippen molar-refractivity contribution in [3.8, 4) is 0 Å². The Morgan fingerprint density at radius 1 is 1.08 bits per heavy atom. The third kappa shape index (κ3) is 4.02. The van der Waals surface area contributed by atoms with Crippen LogP contribution in [0.4, 0.5) is 5.82 Å². The van der Waals surface area contributed by atoms with Gasteiger partial charge in [-0.25, -0.2) is 9.97 Å². The van der Waals surface area contributed by atoms with Gasteiger partial charge in [-0.2, -0.15) is 0 Å². The Balaban J connectivity index is 1.75. The Hall–Kier alpha value is -2.17. The third-order valence-corrected chi connectivity index (χ3v) is 4.38. The van der Waals surface area contributed by atoms with Crippen molar-refractivity contribution in [1.82, 2.24) is 14.9 Å². The van der Waals surface area contributed by atoms with Crippen molar-refractivity contribution in [3.05, 3.63) is 65.4 Å². The molecule has 0 saturated carbocycles. The van der Waals surface area contributed by atoms with Crippen molar-refractivity contribution in [1.29, 1.82) is 0 Å². The number of nitrogens with one attached hydrogen (secondary N) is 1. The van der Waals surface area contributed by atoms with Gasteiger partial charge in [0.05, 0.1) is 5.52 Å². The fourth-order valence-electron chi connectivity index (χ4n) is 2.71. The Kier molecular flexibility index (Phi) is 5.28. The first-order valence-corrected chi connectivity index (χ1v) is 8.36. The van der Waals surface area contributed by atoms with Crippen molar-refractivity contribution in [2.75, 3.05) is 26.0 Å². The van der Waals surface area contributed by atoms with Gasteiger partial charge in [-0.1, -0.05) is 41.9 Å². The van der Waals surface area contributed by atoms with Gasteiger partial charge in [0.2, 0.25) is 0 Å². The van der Waals surface area contributed by atoms with Crippen LogP contribution in [0.1, 0.15) is 5.56 Å². The van der Waals surface area contributed by atoms with E-state index in [1.54, 1.807) is 6.33 Å². The molecule has 0 amide bonds. The summed E-state index contributed by atoms with van der Waals surface area (Å²) in [7, 11) is 4.21. The highest BCUT2D eigenvalue weighted by molar-refractivity contribution is 6.31. The summed E-state index contributed by atoms with van der Waals surface area (Å²) >= 11 is 6.04. The maximum Gasteiger partial charge on any atom is 0.137 e. The molecule has 1 unspecified atom stereocenters. The van der Waals surface area contributed by atoms with E-state index in [-0.39, 0.29) is 0 Å². The lowest BCUT2D eigenvalue weighted by atomic mass is 10.1. The Bertz CT molecular complexity index is 805. The summed E-state index contributed by atoms with van der Waals surface area (Å²) in [6.07, 6.45) is 2.55. The SMILES string of the molecule is CN(C)C(CNc1ncnc2cc(Cl)ccc12)Cc1ccccc1. The molecule has 0 aliphatic rings. The monoisotopic (exact) mass is 340 g/mol. The predicted molar refractivity (Wildman–Crippen MR) is 101 cm³/mol. The van der Waals surface area contributed by atoms with Crippen LogP contribution < -0.4 is 5.32 Å². The zero-order valence-electron chi connectivity index (χ0n) is 13.9. The highest BCUT2D eigenvalue weighted by Gasteiger charge is 2.13. The number of anilines is 1. The molecular formula is C19H21ClN4. The molecule has 3 aromatic rings. The van der Waals surface area contributed by atoms with Crippen molar-refractivity contribution in [3.63, 3.8) is 0 Å². The molecule has 24 heavy (non-hydrogen) atoms. The molecule has 0 aliphatic carbocycles. The van der Waals surface area contributed by atoms with Crippen molar-refractivity contribution < 1.29 is 0 Å². The van der Waals surface area contributed by atoms with E-state index in [1.807, 2.05) is 24.3 Å². The number of hydrogen-bond acceptors (Lipinski definition) is 4. The summed E-state index contributed by atoms with van der Waals surface area (Å²) in [5.41, 5.74) is 2.18. The summed E-state index contributed by atoms with van der Waals surface area (Å²) in [4.78, 5) is 10.9. The van der Waals surface area contributed by atoms with E-state index in [2.05, 4.69) is 58.5 Å². The van der Waals surface area contributed by atoms with Gasteiger partial charge >= 0.3 is 0 Å². The minimum atomic E-state index is 0.365. The summed E-state index contributed by atoms with van der Waals surface area (Å²) in [6.45, 7) is 0.802. The van der Waals surface area contributed by atoms with E-state index in [9.17, 15) is 0 Å². The zero-order chi connectivity index (χ0) is 16.9. The van der Waals surface area contributed by atoms with Gasteiger partial charge < -0.3 is 10.2 Å². The first-order chi connectivity index (χ1) is 11.6. The van der Waals surface area contributed by atoms with Crippen LogP contribution in [0.5, 0.6) is 0 Å². The summed E-state index contributed by atoms with van der Waals surface area (Å²) in [6, 6.07) is 16.6. The molecule has 0 radical (unpaired) electrons. The molecule has 0 fully saturated rings. The molecule has 124 valence electrons. The molecule has 3 rings (SSSR count). The van der Waals surface area contributed by atoms with Crippen molar-refractivity contribution >= 4 is 28.3 Å². The van der Waals surface area contributed by atoms with Crippen LogP contribution in [0, 0.1) is 0 Å². The molecule has 0 aliphatic heterocycles. The van der Waals surface area contributed by atoms with Crippen molar-refractivity contribution in [2.45, 2.75) is 12.5 Å². The lowest BCUT2D eigenvalue weighted by molar-refractivity contribution is 0.303. The second-order valence-electron chi connectivity index (χ2n) is 6.07. The van der Waals surface area contributed by atoms with Crippen LogP contribution >= 0.6 is 11.6 Å². The molecule has 1 N–H and O–H groups in total. The number of benzene rings is 2. The standard InChI is InChI=1S/C19H21ClN4/c1-24(2)16(10-14-6-4-3-5-7-14)12-21-19-17-9-8-15(20)11-18(17)22-13-23-19/h3-9,11,13,16H,10,12H2,1-2H3,(H,21,22,23). The summed E-state index contributed by atoms with van der Waals surface area (Å²) in [5.74, 6) is 0.844. The number of fused-ring (bicyclic) bond motifs is 1. The minimum absolute atomic E-state index is 0.365. The maximum atomic E-state index is 6.04. The molecule has 0 bridgehead atoms. The van der Waals surface area contributed by atoms with Gasteiger partial charge in [0.15, 0.2) is 0 Å². The van der Waals surface area contributed by atoms with E-state index < -0.39 is 0 Å². The number of rotatable bonds is 6. The van der Waals surface area contributed by atoms with Gasteiger partial charge in [0.1, 0.15) is 12.1 Å². The number of nitrogens with zero attached hydrogens (tertiary/aromatic N) is 3. The average molecular weight is 341 g/mol. The Morgan fingerprint density at radius 3 is 2.62 bits per heavy atom. The van der Waals surface area contributed by atoms with Gasteiger partial charge in [-0.3, -0.25) is 0 Å². The minimum Gasteiger partial charge on any atom is -0.368 e. The van der Waals surface area contributed by atoms with Crippen LogP contribution in [0.25, 0.3) is 10.9 Å². The highest BCUT2D eigenvalue weighted by atomic mass is 35.5. The molecule has 4 nitrogen and oxygen atoms in total. The fraction of sp³-hybridized carbons (Fsp3) is 0.263. The first kappa shape index (κ1) is 16.7. The molecule has 2 aromatic carbocycles. The van der Waals surface area contributed by atoms with Crippen LogP contribution in [0.15, 0.2) is 54.9 Å². The van der Waals surface area contributed by atoms with Gasteiger partial charge in [-0.05, 0) is 44.3 Å². The molecular weight excluding hydrogens is 320 g/mol. The van der Waals surface area contributed by atoms with Gasteiger partial charge in [-0.15, -0.1) is 0 Å². The molecule has 0 spiro atoms. The van der Waals surface area contributed by atoms with Crippen LogP contribution in [0.2, 0.25) is 5.02 Å². The van der Waals surface area contributed by atoms with E-state index >= 15 is 0 Å². The van der Waals surface area contributed by atoms with E-state index in [1.165, 1.54) is 5.56 Å². The number of aromatic nitrogens is 2. The van der Waals surface area contributed by atoms with E-state index in [0.29, 0.717) is 11.1 Å². The fourth-order valence-corrected chi connectivity index (χ4v) is 2.88. The van der Waals surface area contributed by atoms with E-state index in [4.69, 9.17) is 11.6 Å². The van der Waals surface area contributed by atoms with Gasteiger partial charge in [0, 0.05) is 23.0 Å². The topological polar surface area (TPSA) is 41.0 Å².